The minimum absolute atomic E-state index is 0.0423. The Kier molecular flexibility index (Phi) is 6.90. The van der Waals surface area contributed by atoms with E-state index in [1.807, 2.05) is 0 Å². The summed E-state index contributed by atoms with van der Waals surface area (Å²) in [5, 5.41) is 8.82. The number of carbonyl (C=O) groups excluding carboxylic acids is 1. The summed E-state index contributed by atoms with van der Waals surface area (Å²) >= 11 is 0. The Hall–Kier alpha value is -3.31. The molecule has 2 fully saturated rings. The fourth-order valence-corrected chi connectivity index (χ4v) is 5.05. The molecule has 1 saturated heterocycles. The number of nitrogens with zero attached hydrogens (tertiary/aromatic N) is 3. The molecule has 0 bridgehead atoms. The van der Waals surface area contributed by atoms with Gasteiger partial charge in [0.15, 0.2) is 0 Å². The van der Waals surface area contributed by atoms with Crippen molar-refractivity contribution in [3.63, 3.8) is 0 Å². The second-order valence-corrected chi connectivity index (χ2v) is 11.1. The van der Waals surface area contributed by atoms with Gasteiger partial charge in [0, 0.05) is 38.4 Å². The van der Waals surface area contributed by atoms with Gasteiger partial charge in [-0.25, -0.2) is 14.0 Å². The maximum absolute atomic E-state index is 15.5. The zero-order valence-corrected chi connectivity index (χ0v) is 21.9. The molecular formula is C26H31F4N3O5. The van der Waals surface area contributed by atoms with Crippen LogP contribution in [-0.2, 0) is 10.9 Å². The molecule has 1 N–H and O–H groups in total. The Morgan fingerprint density at radius 1 is 1.18 bits per heavy atom. The van der Waals surface area contributed by atoms with Crippen LogP contribution in [-0.4, -0.2) is 58.4 Å². The lowest BCUT2D eigenvalue weighted by atomic mass is 9.99. The molecule has 2 aliphatic rings. The Morgan fingerprint density at radius 2 is 1.82 bits per heavy atom. The van der Waals surface area contributed by atoms with Gasteiger partial charge in [0.2, 0.25) is 5.43 Å². The molecule has 1 amide bonds. The van der Waals surface area contributed by atoms with Crippen molar-refractivity contribution in [3.05, 3.63) is 39.4 Å². The average Bonchev–Trinajstić information content (AvgIpc) is 3.52. The number of benzene rings is 1. The number of hydrogen-bond donors (Lipinski definition) is 1. The number of fused-ring (bicyclic) bond motifs is 1. The molecule has 0 spiro atoms. The van der Waals surface area contributed by atoms with Gasteiger partial charge >= 0.3 is 18.2 Å². The number of pyridine rings is 1. The molecule has 2 atom stereocenters. The number of aromatic nitrogens is 1. The van der Waals surface area contributed by atoms with Crippen molar-refractivity contribution in [1.82, 2.24) is 9.47 Å². The van der Waals surface area contributed by atoms with E-state index >= 15 is 4.39 Å². The van der Waals surface area contributed by atoms with Gasteiger partial charge in [0.25, 0.3) is 0 Å². The number of aromatic carboxylic acids is 1. The SMILES string of the molecule is C[C@H]([C@H]1CCN(c2c(F)cc3c(=O)c(C(=O)O)cn(C4CC4)c3c2C(F)(F)F)C1)N(C)C(=O)OC(C)(C)C. The first kappa shape index (κ1) is 27.7. The van der Waals surface area contributed by atoms with Crippen molar-refractivity contribution in [2.45, 2.75) is 70.8 Å². The van der Waals surface area contributed by atoms with Gasteiger partial charge in [-0.3, -0.25) is 4.79 Å². The maximum Gasteiger partial charge on any atom is 0.420 e. The zero-order chi connectivity index (χ0) is 28.3. The molecule has 4 rings (SSSR count). The summed E-state index contributed by atoms with van der Waals surface area (Å²) in [5.41, 5.74) is -5.05. The van der Waals surface area contributed by atoms with Crippen LogP contribution in [0, 0.1) is 11.7 Å². The number of amides is 1. The molecular weight excluding hydrogens is 510 g/mol. The fourth-order valence-electron chi connectivity index (χ4n) is 5.05. The first-order valence-electron chi connectivity index (χ1n) is 12.4. The third-order valence-electron chi connectivity index (χ3n) is 7.21. The average molecular weight is 542 g/mol. The van der Waals surface area contributed by atoms with Crippen molar-refractivity contribution in [2.75, 3.05) is 25.0 Å². The highest BCUT2D eigenvalue weighted by Crippen LogP contribution is 2.47. The van der Waals surface area contributed by atoms with Crippen LogP contribution in [0.1, 0.15) is 68.9 Å². The predicted octanol–water partition coefficient (Wildman–Crippen LogP) is 5.27. The summed E-state index contributed by atoms with van der Waals surface area (Å²) < 4.78 is 65.9. The largest absolute Gasteiger partial charge is 0.477 e. The van der Waals surface area contributed by atoms with Crippen LogP contribution in [0.15, 0.2) is 17.1 Å². The Labute approximate surface area is 216 Å². The van der Waals surface area contributed by atoms with Crippen molar-refractivity contribution >= 4 is 28.7 Å². The quantitative estimate of drug-likeness (QED) is 0.519. The summed E-state index contributed by atoms with van der Waals surface area (Å²) in [4.78, 5) is 39.6. The third kappa shape index (κ3) is 5.17. The van der Waals surface area contributed by atoms with Crippen LogP contribution in [0.25, 0.3) is 10.9 Å². The molecule has 0 unspecified atom stereocenters. The topological polar surface area (TPSA) is 92.1 Å². The third-order valence-corrected chi connectivity index (χ3v) is 7.21. The highest BCUT2D eigenvalue weighted by Gasteiger charge is 2.44. The molecule has 208 valence electrons. The number of anilines is 1. The van der Waals surface area contributed by atoms with Crippen LogP contribution in [0.5, 0.6) is 0 Å². The highest BCUT2D eigenvalue weighted by atomic mass is 19.4. The molecule has 2 heterocycles. The van der Waals surface area contributed by atoms with Crippen LogP contribution >= 0.6 is 0 Å². The Morgan fingerprint density at radius 3 is 2.34 bits per heavy atom. The van der Waals surface area contributed by atoms with Crippen molar-refractivity contribution in [1.29, 1.82) is 0 Å². The van der Waals surface area contributed by atoms with E-state index in [0.717, 1.165) is 12.3 Å². The van der Waals surface area contributed by atoms with E-state index in [2.05, 4.69) is 0 Å². The second kappa shape index (κ2) is 9.46. The number of carbonyl (C=O) groups is 2. The van der Waals surface area contributed by atoms with Crippen molar-refractivity contribution < 1.29 is 37.0 Å². The monoisotopic (exact) mass is 541 g/mol. The van der Waals surface area contributed by atoms with E-state index in [0.29, 0.717) is 19.3 Å². The van der Waals surface area contributed by atoms with Gasteiger partial charge in [-0.05, 0) is 58.9 Å². The molecule has 12 heteroatoms. The lowest BCUT2D eigenvalue weighted by molar-refractivity contribution is -0.136. The lowest BCUT2D eigenvalue weighted by Gasteiger charge is -2.32. The van der Waals surface area contributed by atoms with E-state index < -0.39 is 74.9 Å². The number of hydrogen-bond acceptors (Lipinski definition) is 5. The standard InChI is InChI=1S/C26H31F4N3O5/c1-13(31(5)24(37)38-25(2,3)4)14-8-9-32(11-14)21-18(27)10-16-20(19(21)26(28,29)30)33(15-6-7-15)12-17(22(16)34)23(35)36/h10,12-15H,6-9,11H2,1-5H3,(H,35,36)/t13-,14+/m1/s1. The molecule has 8 nitrogen and oxygen atoms in total. The van der Waals surface area contributed by atoms with Crippen LogP contribution in [0.3, 0.4) is 0 Å². The minimum Gasteiger partial charge on any atom is -0.477 e. The van der Waals surface area contributed by atoms with Gasteiger partial charge in [0.1, 0.15) is 22.5 Å². The van der Waals surface area contributed by atoms with Crippen LogP contribution < -0.4 is 10.3 Å². The molecule has 1 saturated carbocycles. The van der Waals surface area contributed by atoms with Gasteiger partial charge in [0.05, 0.1) is 16.6 Å². The van der Waals surface area contributed by atoms with Gasteiger partial charge in [-0.15, -0.1) is 0 Å². The Bertz CT molecular complexity index is 1340. The second-order valence-electron chi connectivity index (χ2n) is 11.1. The maximum atomic E-state index is 15.5. The zero-order valence-electron chi connectivity index (χ0n) is 21.9. The van der Waals surface area contributed by atoms with E-state index in [9.17, 15) is 32.7 Å². The molecule has 38 heavy (non-hydrogen) atoms. The molecule has 1 aliphatic carbocycles. The fraction of sp³-hybridized carbons (Fsp3) is 0.577. The van der Waals surface area contributed by atoms with Crippen LogP contribution in [0.4, 0.5) is 28.0 Å². The summed E-state index contributed by atoms with van der Waals surface area (Å²) in [6.45, 7) is 7.08. The summed E-state index contributed by atoms with van der Waals surface area (Å²) in [6.07, 6.45) is -3.23. The van der Waals surface area contributed by atoms with Crippen molar-refractivity contribution in [2.24, 2.45) is 5.92 Å². The number of ether oxygens (including phenoxy) is 1. The van der Waals surface area contributed by atoms with E-state index in [-0.39, 0.29) is 19.0 Å². The molecule has 0 radical (unpaired) electrons. The van der Waals surface area contributed by atoms with Gasteiger partial charge in [-0.1, -0.05) is 0 Å². The summed E-state index contributed by atoms with van der Waals surface area (Å²) in [6, 6.07) is -0.100. The molecule has 2 aromatic rings. The number of carboxylic acid groups (broad SMARTS) is 1. The van der Waals surface area contributed by atoms with E-state index in [1.54, 1.807) is 34.7 Å². The predicted molar refractivity (Wildman–Crippen MR) is 132 cm³/mol. The smallest absolute Gasteiger partial charge is 0.420 e. The first-order valence-corrected chi connectivity index (χ1v) is 12.4. The van der Waals surface area contributed by atoms with Crippen molar-refractivity contribution in [3.8, 4) is 0 Å². The number of rotatable bonds is 5. The molecule has 1 aromatic carbocycles. The minimum atomic E-state index is -5.03. The lowest BCUT2D eigenvalue weighted by Crippen LogP contribution is -2.43. The number of halogens is 4. The number of alkyl halides is 3. The van der Waals surface area contributed by atoms with Gasteiger partial charge < -0.3 is 24.2 Å². The summed E-state index contributed by atoms with van der Waals surface area (Å²) in [7, 11) is 1.55. The molecule has 1 aliphatic heterocycles. The normalized spacial score (nSPS) is 19.1. The van der Waals surface area contributed by atoms with Crippen LogP contribution in [0.2, 0.25) is 0 Å². The van der Waals surface area contributed by atoms with E-state index in [4.69, 9.17) is 4.74 Å². The first-order chi connectivity index (χ1) is 17.5. The Balaban J connectivity index is 1.79. The van der Waals surface area contributed by atoms with E-state index in [1.165, 1.54) is 14.4 Å². The number of carboxylic acids is 1. The highest BCUT2D eigenvalue weighted by molar-refractivity contribution is 5.95. The van der Waals surface area contributed by atoms with Gasteiger partial charge in [-0.2, -0.15) is 13.2 Å². The molecule has 1 aromatic heterocycles. The summed E-state index contributed by atoms with van der Waals surface area (Å²) in [5.74, 6) is -3.11.